The molecule has 0 spiro atoms. The van der Waals surface area contributed by atoms with Crippen LogP contribution in [0.3, 0.4) is 0 Å². The van der Waals surface area contributed by atoms with Crippen LogP contribution >= 0.6 is 0 Å². The van der Waals surface area contributed by atoms with Crippen LogP contribution in [0.25, 0.3) is 6.08 Å². The van der Waals surface area contributed by atoms with Crippen molar-refractivity contribution in [1.29, 1.82) is 0 Å². The molecule has 124 valence electrons. The van der Waals surface area contributed by atoms with Gasteiger partial charge in [-0.2, -0.15) is 0 Å². The Hall–Kier alpha value is -1.85. The summed E-state index contributed by atoms with van der Waals surface area (Å²) in [5.41, 5.74) is 1.49. The van der Waals surface area contributed by atoms with E-state index in [1.165, 1.54) is 11.8 Å². The van der Waals surface area contributed by atoms with Gasteiger partial charge >= 0.3 is 0 Å². The second-order valence-corrected chi connectivity index (χ2v) is 6.32. The van der Waals surface area contributed by atoms with Crippen LogP contribution in [-0.2, 0) is 9.53 Å². The molecule has 1 heterocycles. The van der Waals surface area contributed by atoms with E-state index in [0.717, 1.165) is 51.1 Å². The van der Waals surface area contributed by atoms with Gasteiger partial charge in [0.15, 0.2) is 0 Å². The summed E-state index contributed by atoms with van der Waals surface area (Å²) >= 11 is 0. The van der Waals surface area contributed by atoms with Crippen LogP contribution in [0, 0.1) is 0 Å². The summed E-state index contributed by atoms with van der Waals surface area (Å²) in [4.78, 5) is 14.1. The fourth-order valence-electron chi connectivity index (χ4n) is 2.86. The molecule has 0 unspecified atom stereocenters. The predicted molar refractivity (Wildman–Crippen MR) is 90.3 cm³/mol. The molecule has 23 heavy (non-hydrogen) atoms. The number of amides is 1. The summed E-state index contributed by atoms with van der Waals surface area (Å²) in [5.74, 6) is -0.164. The Morgan fingerprint density at radius 1 is 1.26 bits per heavy atom. The molecule has 5 nitrogen and oxygen atoms in total. The molecule has 1 aliphatic carbocycles. The smallest absolute Gasteiger partial charge is 0.244 e. The van der Waals surface area contributed by atoms with Crippen LogP contribution in [0.5, 0.6) is 0 Å². The third kappa shape index (κ3) is 4.33. The van der Waals surface area contributed by atoms with E-state index in [2.05, 4.69) is 22.3 Å². The molecule has 3 rings (SSSR count). The lowest BCUT2D eigenvalue weighted by molar-refractivity contribution is -0.118. The number of morpholine rings is 1. The van der Waals surface area contributed by atoms with E-state index in [0.29, 0.717) is 6.54 Å². The minimum absolute atomic E-state index is 0.164. The molecule has 2 fully saturated rings. The minimum atomic E-state index is -0.677. The van der Waals surface area contributed by atoms with Gasteiger partial charge in [-0.15, -0.1) is 0 Å². The number of hydrogen-bond acceptors (Lipinski definition) is 4. The highest BCUT2D eigenvalue weighted by Crippen LogP contribution is 2.30. The second kappa shape index (κ2) is 7.15. The molecule has 0 atom stereocenters. The zero-order chi connectivity index (χ0) is 16.1. The van der Waals surface area contributed by atoms with Gasteiger partial charge in [-0.3, -0.25) is 4.79 Å². The highest BCUT2D eigenvalue weighted by Gasteiger charge is 2.34. The van der Waals surface area contributed by atoms with Gasteiger partial charge in [0, 0.05) is 31.4 Å². The molecule has 1 aliphatic heterocycles. The SMILES string of the molecule is O=C(C=Cc1ccc(N2CCOCC2)cc1)NCC1(O)CCC1. The van der Waals surface area contributed by atoms with Crippen LogP contribution in [0.2, 0.25) is 0 Å². The quantitative estimate of drug-likeness (QED) is 0.810. The number of benzene rings is 1. The minimum Gasteiger partial charge on any atom is -0.388 e. The van der Waals surface area contributed by atoms with E-state index < -0.39 is 5.60 Å². The van der Waals surface area contributed by atoms with Crippen LogP contribution in [0.1, 0.15) is 24.8 Å². The van der Waals surface area contributed by atoms with Crippen molar-refractivity contribution in [2.75, 3.05) is 37.7 Å². The van der Waals surface area contributed by atoms with E-state index in [1.807, 2.05) is 12.1 Å². The van der Waals surface area contributed by atoms with Crippen molar-refractivity contribution in [3.63, 3.8) is 0 Å². The van der Waals surface area contributed by atoms with E-state index in [9.17, 15) is 9.90 Å². The molecule has 1 amide bonds. The first-order valence-electron chi connectivity index (χ1n) is 8.26. The normalized spacial score (nSPS) is 20.3. The van der Waals surface area contributed by atoms with E-state index in [-0.39, 0.29) is 5.91 Å². The van der Waals surface area contributed by atoms with Crippen LogP contribution < -0.4 is 10.2 Å². The summed E-state index contributed by atoms with van der Waals surface area (Å²) in [6.07, 6.45) is 5.91. The molecule has 1 saturated heterocycles. The molecule has 0 radical (unpaired) electrons. The summed E-state index contributed by atoms with van der Waals surface area (Å²) < 4.78 is 5.35. The Labute approximate surface area is 136 Å². The Bertz CT molecular complexity index is 558. The fraction of sp³-hybridized carbons (Fsp3) is 0.500. The number of hydrogen-bond donors (Lipinski definition) is 2. The standard InChI is InChI=1S/C18H24N2O3/c21-17(19-14-18(22)8-1-9-18)7-4-15-2-5-16(6-3-15)20-10-12-23-13-11-20/h2-7,22H,1,8-14H2,(H,19,21). The van der Waals surface area contributed by atoms with E-state index in [1.54, 1.807) is 6.08 Å². The molecule has 0 bridgehead atoms. The van der Waals surface area contributed by atoms with Crippen molar-refractivity contribution in [2.24, 2.45) is 0 Å². The van der Waals surface area contributed by atoms with Gasteiger partial charge in [0.2, 0.25) is 5.91 Å². The molecule has 5 heteroatoms. The average Bonchev–Trinajstić information content (AvgIpc) is 2.57. The van der Waals surface area contributed by atoms with Gasteiger partial charge < -0.3 is 20.1 Å². The number of anilines is 1. The molecule has 0 aromatic heterocycles. The van der Waals surface area contributed by atoms with Gasteiger partial charge in [-0.25, -0.2) is 0 Å². The zero-order valence-corrected chi connectivity index (χ0v) is 13.3. The summed E-state index contributed by atoms with van der Waals surface area (Å²) in [6, 6.07) is 8.15. The lowest BCUT2D eigenvalue weighted by Gasteiger charge is -2.36. The Balaban J connectivity index is 1.49. The molecule has 1 aromatic rings. The largest absolute Gasteiger partial charge is 0.388 e. The lowest BCUT2D eigenvalue weighted by atomic mass is 9.80. The highest BCUT2D eigenvalue weighted by atomic mass is 16.5. The van der Waals surface area contributed by atoms with Crippen molar-refractivity contribution in [3.05, 3.63) is 35.9 Å². The van der Waals surface area contributed by atoms with Gasteiger partial charge in [0.05, 0.1) is 18.8 Å². The number of aliphatic hydroxyl groups is 1. The van der Waals surface area contributed by atoms with Gasteiger partial charge in [-0.1, -0.05) is 12.1 Å². The third-order valence-corrected chi connectivity index (χ3v) is 4.57. The highest BCUT2D eigenvalue weighted by molar-refractivity contribution is 5.91. The number of rotatable bonds is 5. The predicted octanol–water partition coefficient (Wildman–Crippen LogP) is 1.57. The lowest BCUT2D eigenvalue weighted by Crippen LogP contribution is -2.47. The summed E-state index contributed by atoms with van der Waals surface area (Å²) in [7, 11) is 0. The van der Waals surface area contributed by atoms with Crippen molar-refractivity contribution in [2.45, 2.75) is 24.9 Å². The first kappa shape index (κ1) is 16.0. The maximum Gasteiger partial charge on any atom is 0.244 e. The fourth-order valence-corrected chi connectivity index (χ4v) is 2.86. The second-order valence-electron chi connectivity index (χ2n) is 6.32. The van der Waals surface area contributed by atoms with Gasteiger partial charge in [0.25, 0.3) is 0 Å². The Morgan fingerprint density at radius 2 is 1.96 bits per heavy atom. The van der Waals surface area contributed by atoms with E-state index in [4.69, 9.17) is 4.74 Å². The number of carbonyl (C=O) groups excluding carboxylic acids is 1. The van der Waals surface area contributed by atoms with Gasteiger partial charge in [0.1, 0.15) is 0 Å². The number of nitrogens with one attached hydrogen (secondary N) is 1. The van der Waals surface area contributed by atoms with Crippen molar-refractivity contribution < 1.29 is 14.6 Å². The van der Waals surface area contributed by atoms with Crippen molar-refractivity contribution in [1.82, 2.24) is 5.32 Å². The summed E-state index contributed by atoms with van der Waals surface area (Å²) in [6.45, 7) is 3.72. The maximum absolute atomic E-state index is 11.8. The maximum atomic E-state index is 11.8. The monoisotopic (exact) mass is 316 g/mol. The van der Waals surface area contributed by atoms with Crippen molar-refractivity contribution in [3.8, 4) is 0 Å². The zero-order valence-electron chi connectivity index (χ0n) is 13.3. The molecular formula is C18H24N2O3. The topological polar surface area (TPSA) is 61.8 Å². The van der Waals surface area contributed by atoms with Crippen LogP contribution in [-0.4, -0.2) is 49.5 Å². The number of carbonyl (C=O) groups is 1. The van der Waals surface area contributed by atoms with Crippen LogP contribution in [0.15, 0.2) is 30.3 Å². The summed E-state index contributed by atoms with van der Waals surface area (Å²) in [5, 5.41) is 12.7. The Morgan fingerprint density at radius 3 is 2.57 bits per heavy atom. The molecule has 1 aromatic carbocycles. The van der Waals surface area contributed by atoms with Gasteiger partial charge in [-0.05, 0) is 43.0 Å². The number of nitrogens with zero attached hydrogens (tertiary/aromatic N) is 1. The first-order chi connectivity index (χ1) is 11.1. The molecule has 2 N–H and O–H groups in total. The number of ether oxygens (including phenoxy) is 1. The average molecular weight is 316 g/mol. The third-order valence-electron chi connectivity index (χ3n) is 4.57. The molecular weight excluding hydrogens is 292 g/mol. The first-order valence-corrected chi connectivity index (χ1v) is 8.26. The van der Waals surface area contributed by atoms with E-state index >= 15 is 0 Å². The molecule has 1 saturated carbocycles. The van der Waals surface area contributed by atoms with Crippen molar-refractivity contribution >= 4 is 17.7 Å². The molecule has 2 aliphatic rings. The Kier molecular flexibility index (Phi) is 4.98. The van der Waals surface area contributed by atoms with Crippen LogP contribution in [0.4, 0.5) is 5.69 Å².